The van der Waals surface area contributed by atoms with Crippen LogP contribution in [0.15, 0.2) is 18.2 Å². The van der Waals surface area contributed by atoms with E-state index in [0.29, 0.717) is 19.8 Å². The first-order valence-corrected chi connectivity index (χ1v) is 6.85. The van der Waals surface area contributed by atoms with E-state index in [1.807, 2.05) is 25.1 Å². The predicted octanol–water partition coefficient (Wildman–Crippen LogP) is 2.01. The SMILES string of the molecule is CCCCOCC(O)COc1cc(CN)ccc1C. The summed E-state index contributed by atoms with van der Waals surface area (Å²) in [5.41, 5.74) is 7.65. The molecule has 0 fully saturated rings. The Hall–Kier alpha value is -1.10. The highest BCUT2D eigenvalue weighted by Crippen LogP contribution is 2.19. The van der Waals surface area contributed by atoms with Crippen LogP contribution in [0, 0.1) is 6.92 Å². The molecule has 0 saturated carbocycles. The van der Waals surface area contributed by atoms with E-state index in [2.05, 4.69) is 6.92 Å². The molecule has 0 aromatic heterocycles. The van der Waals surface area contributed by atoms with Gasteiger partial charge >= 0.3 is 0 Å². The number of benzene rings is 1. The zero-order chi connectivity index (χ0) is 14.1. The summed E-state index contributed by atoms with van der Waals surface area (Å²) in [6.45, 7) is 5.81. The van der Waals surface area contributed by atoms with Crippen molar-refractivity contribution >= 4 is 0 Å². The number of rotatable bonds is 9. The lowest BCUT2D eigenvalue weighted by Crippen LogP contribution is -2.24. The highest BCUT2D eigenvalue weighted by molar-refractivity contribution is 5.36. The fourth-order valence-electron chi connectivity index (χ4n) is 1.63. The highest BCUT2D eigenvalue weighted by Gasteiger charge is 2.07. The second-order valence-corrected chi connectivity index (χ2v) is 4.70. The minimum absolute atomic E-state index is 0.237. The lowest BCUT2D eigenvalue weighted by atomic mass is 10.1. The van der Waals surface area contributed by atoms with E-state index in [0.717, 1.165) is 29.7 Å². The van der Waals surface area contributed by atoms with Crippen LogP contribution < -0.4 is 10.5 Å². The van der Waals surface area contributed by atoms with Crippen LogP contribution >= 0.6 is 0 Å². The van der Waals surface area contributed by atoms with Gasteiger partial charge in [0, 0.05) is 13.2 Å². The number of ether oxygens (including phenoxy) is 2. The predicted molar refractivity (Wildman–Crippen MR) is 76.3 cm³/mol. The van der Waals surface area contributed by atoms with Crippen LogP contribution in [0.3, 0.4) is 0 Å². The zero-order valence-electron chi connectivity index (χ0n) is 11.9. The van der Waals surface area contributed by atoms with Crippen LogP contribution in [-0.4, -0.2) is 31.0 Å². The van der Waals surface area contributed by atoms with Crippen molar-refractivity contribution in [1.82, 2.24) is 0 Å². The molecule has 0 aliphatic carbocycles. The molecule has 0 saturated heterocycles. The van der Waals surface area contributed by atoms with Crippen molar-refractivity contribution in [3.05, 3.63) is 29.3 Å². The topological polar surface area (TPSA) is 64.7 Å². The Morgan fingerprint density at radius 3 is 2.79 bits per heavy atom. The Labute approximate surface area is 115 Å². The van der Waals surface area contributed by atoms with Gasteiger partial charge in [-0.1, -0.05) is 25.5 Å². The summed E-state index contributed by atoms with van der Waals surface area (Å²) >= 11 is 0. The Morgan fingerprint density at radius 1 is 1.32 bits per heavy atom. The van der Waals surface area contributed by atoms with Gasteiger partial charge in [-0.2, -0.15) is 0 Å². The van der Waals surface area contributed by atoms with Crippen molar-refractivity contribution in [1.29, 1.82) is 0 Å². The molecular formula is C15H25NO3. The van der Waals surface area contributed by atoms with Crippen LogP contribution in [-0.2, 0) is 11.3 Å². The Bertz CT molecular complexity index is 368. The van der Waals surface area contributed by atoms with E-state index >= 15 is 0 Å². The molecule has 0 aliphatic heterocycles. The van der Waals surface area contributed by atoms with Gasteiger partial charge in [0.15, 0.2) is 0 Å². The van der Waals surface area contributed by atoms with E-state index in [1.165, 1.54) is 0 Å². The second-order valence-electron chi connectivity index (χ2n) is 4.70. The number of aliphatic hydroxyl groups is 1. The molecule has 0 heterocycles. The summed E-state index contributed by atoms with van der Waals surface area (Å²) in [5, 5.41) is 9.75. The Morgan fingerprint density at radius 2 is 2.11 bits per heavy atom. The molecule has 108 valence electrons. The van der Waals surface area contributed by atoms with Crippen molar-refractivity contribution in [3.8, 4) is 5.75 Å². The van der Waals surface area contributed by atoms with Gasteiger partial charge in [-0.25, -0.2) is 0 Å². The molecule has 1 aromatic rings. The number of unbranched alkanes of at least 4 members (excludes halogenated alkanes) is 1. The van der Waals surface area contributed by atoms with Gasteiger partial charge in [-0.05, 0) is 30.5 Å². The highest BCUT2D eigenvalue weighted by atomic mass is 16.5. The van der Waals surface area contributed by atoms with Crippen molar-refractivity contribution in [2.24, 2.45) is 5.73 Å². The maximum absolute atomic E-state index is 9.75. The van der Waals surface area contributed by atoms with E-state index in [9.17, 15) is 5.11 Å². The quantitative estimate of drug-likeness (QED) is 0.672. The molecule has 0 amide bonds. The number of hydrogen-bond donors (Lipinski definition) is 2. The van der Waals surface area contributed by atoms with Gasteiger partial charge in [-0.3, -0.25) is 0 Å². The van der Waals surface area contributed by atoms with Crippen LogP contribution in [0.1, 0.15) is 30.9 Å². The standard InChI is InChI=1S/C15H25NO3/c1-3-4-7-18-10-14(17)11-19-15-8-13(9-16)6-5-12(15)2/h5-6,8,14,17H,3-4,7,9-11,16H2,1-2H3. The molecule has 4 heteroatoms. The third kappa shape index (κ3) is 6.05. The third-order valence-electron chi connectivity index (χ3n) is 2.87. The summed E-state index contributed by atoms with van der Waals surface area (Å²) in [4.78, 5) is 0. The molecule has 0 bridgehead atoms. The summed E-state index contributed by atoms with van der Waals surface area (Å²) in [5.74, 6) is 0.774. The smallest absolute Gasteiger partial charge is 0.122 e. The average Bonchev–Trinajstić information content (AvgIpc) is 2.43. The zero-order valence-corrected chi connectivity index (χ0v) is 11.9. The van der Waals surface area contributed by atoms with E-state index < -0.39 is 6.10 Å². The molecule has 4 nitrogen and oxygen atoms in total. The lowest BCUT2D eigenvalue weighted by molar-refractivity contribution is 0.0112. The summed E-state index contributed by atoms with van der Waals surface area (Å²) in [7, 11) is 0. The summed E-state index contributed by atoms with van der Waals surface area (Å²) in [6, 6.07) is 5.87. The normalized spacial score (nSPS) is 12.4. The fourth-order valence-corrected chi connectivity index (χ4v) is 1.63. The number of hydrogen-bond acceptors (Lipinski definition) is 4. The summed E-state index contributed by atoms with van der Waals surface area (Å²) in [6.07, 6.45) is 1.51. The van der Waals surface area contributed by atoms with Crippen molar-refractivity contribution < 1.29 is 14.6 Å². The van der Waals surface area contributed by atoms with Crippen LogP contribution in [0.5, 0.6) is 5.75 Å². The van der Waals surface area contributed by atoms with Gasteiger partial charge in [0.25, 0.3) is 0 Å². The van der Waals surface area contributed by atoms with Gasteiger partial charge in [0.05, 0.1) is 6.61 Å². The molecule has 1 unspecified atom stereocenters. The number of aliphatic hydroxyl groups excluding tert-OH is 1. The lowest BCUT2D eigenvalue weighted by Gasteiger charge is -2.14. The number of aryl methyl sites for hydroxylation is 1. The van der Waals surface area contributed by atoms with Crippen LogP contribution in [0.2, 0.25) is 0 Å². The van der Waals surface area contributed by atoms with Crippen molar-refractivity contribution in [2.75, 3.05) is 19.8 Å². The molecule has 0 radical (unpaired) electrons. The van der Waals surface area contributed by atoms with E-state index in [1.54, 1.807) is 0 Å². The fraction of sp³-hybridized carbons (Fsp3) is 0.600. The molecule has 1 atom stereocenters. The van der Waals surface area contributed by atoms with Crippen molar-refractivity contribution in [3.63, 3.8) is 0 Å². The van der Waals surface area contributed by atoms with Crippen molar-refractivity contribution in [2.45, 2.75) is 39.3 Å². The Balaban J connectivity index is 2.34. The Kier molecular flexibility index (Phi) is 7.48. The summed E-state index contributed by atoms with van der Waals surface area (Å²) < 4.78 is 11.0. The molecular weight excluding hydrogens is 242 g/mol. The van der Waals surface area contributed by atoms with Gasteiger partial charge in [0.1, 0.15) is 18.5 Å². The first kappa shape index (κ1) is 16.0. The van der Waals surface area contributed by atoms with Gasteiger partial charge in [-0.15, -0.1) is 0 Å². The largest absolute Gasteiger partial charge is 0.491 e. The monoisotopic (exact) mass is 267 g/mol. The minimum atomic E-state index is -0.599. The van der Waals surface area contributed by atoms with Crippen LogP contribution in [0.4, 0.5) is 0 Å². The first-order chi connectivity index (χ1) is 9.17. The third-order valence-corrected chi connectivity index (χ3v) is 2.87. The maximum atomic E-state index is 9.75. The molecule has 19 heavy (non-hydrogen) atoms. The van der Waals surface area contributed by atoms with Crippen LogP contribution in [0.25, 0.3) is 0 Å². The van der Waals surface area contributed by atoms with E-state index in [-0.39, 0.29) is 6.61 Å². The molecule has 0 aliphatic rings. The van der Waals surface area contributed by atoms with Gasteiger partial charge < -0.3 is 20.3 Å². The molecule has 3 N–H and O–H groups in total. The number of nitrogens with two attached hydrogens (primary N) is 1. The molecule has 1 rings (SSSR count). The van der Waals surface area contributed by atoms with E-state index in [4.69, 9.17) is 15.2 Å². The molecule has 1 aromatic carbocycles. The second kappa shape index (κ2) is 8.91. The molecule has 0 spiro atoms. The average molecular weight is 267 g/mol. The minimum Gasteiger partial charge on any atom is -0.491 e. The van der Waals surface area contributed by atoms with Gasteiger partial charge in [0.2, 0.25) is 0 Å². The first-order valence-electron chi connectivity index (χ1n) is 6.85. The maximum Gasteiger partial charge on any atom is 0.122 e.